The van der Waals surface area contributed by atoms with Crippen molar-refractivity contribution >= 4 is 5.82 Å². The van der Waals surface area contributed by atoms with Crippen LogP contribution in [0.3, 0.4) is 0 Å². The minimum atomic E-state index is 0.662. The largest absolute Gasteiger partial charge is 0.477 e. The predicted molar refractivity (Wildman–Crippen MR) is 86.0 cm³/mol. The molecule has 1 aliphatic heterocycles. The molecule has 1 unspecified atom stereocenters. The maximum atomic E-state index is 5.97. The number of anilines is 1. The highest BCUT2D eigenvalue weighted by Crippen LogP contribution is 2.24. The number of hydrogen-bond acceptors (Lipinski definition) is 5. The summed E-state index contributed by atoms with van der Waals surface area (Å²) in [5.41, 5.74) is 1.11. The van der Waals surface area contributed by atoms with E-state index >= 15 is 0 Å². The molecule has 0 radical (unpaired) electrons. The number of nitrogens with one attached hydrogen (secondary N) is 1. The van der Waals surface area contributed by atoms with Crippen LogP contribution in [0.2, 0.25) is 0 Å². The molecule has 21 heavy (non-hydrogen) atoms. The van der Waals surface area contributed by atoms with Crippen LogP contribution in [0, 0.1) is 0 Å². The van der Waals surface area contributed by atoms with Crippen molar-refractivity contribution in [3.63, 3.8) is 0 Å². The zero-order chi connectivity index (χ0) is 15.1. The number of hydrogen-bond donors (Lipinski definition) is 1. The number of aromatic nitrogens is 2. The SMILES string of the molecule is CCCc1c(NCC)ncnc1OCCC1CCCN1C. The van der Waals surface area contributed by atoms with Crippen molar-refractivity contribution in [3.05, 3.63) is 11.9 Å². The maximum Gasteiger partial charge on any atom is 0.221 e. The Kier molecular flexibility index (Phi) is 6.23. The Labute approximate surface area is 128 Å². The molecule has 1 aliphatic rings. The summed E-state index contributed by atoms with van der Waals surface area (Å²) in [5, 5.41) is 3.30. The molecule has 0 spiro atoms. The van der Waals surface area contributed by atoms with Crippen LogP contribution in [0.25, 0.3) is 0 Å². The third-order valence-corrected chi connectivity index (χ3v) is 4.11. The molecule has 118 valence electrons. The van der Waals surface area contributed by atoms with Crippen molar-refractivity contribution in [2.45, 2.75) is 52.0 Å². The Bertz CT molecular complexity index is 438. The summed E-state index contributed by atoms with van der Waals surface area (Å²) < 4.78 is 5.97. The lowest BCUT2D eigenvalue weighted by Gasteiger charge is -2.20. The Morgan fingerprint density at radius 3 is 2.90 bits per heavy atom. The van der Waals surface area contributed by atoms with Crippen molar-refractivity contribution in [3.8, 4) is 5.88 Å². The first-order chi connectivity index (χ1) is 10.3. The first-order valence-electron chi connectivity index (χ1n) is 8.17. The van der Waals surface area contributed by atoms with E-state index in [4.69, 9.17) is 4.74 Å². The van der Waals surface area contributed by atoms with Crippen LogP contribution in [0.1, 0.15) is 45.1 Å². The van der Waals surface area contributed by atoms with Crippen molar-refractivity contribution in [1.82, 2.24) is 14.9 Å². The first-order valence-corrected chi connectivity index (χ1v) is 8.17. The van der Waals surface area contributed by atoms with E-state index in [-0.39, 0.29) is 0 Å². The summed E-state index contributed by atoms with van der Waals surface area (Å²) in [4.78, 5) is 11.1. The normalized spacial score (nSPS) is 18.9. The lowest BCUT2D eigenvalue weighted by atomic mass is 10.1. The van der Waals surface area contributed by atoms with Gasteiger partial charge in [-0.05, 0) is 46.2 Å². The molecular weight excluding hydrogens is 264 g/mol. The van der Waals surface area contributed by atoms with Gasteiger partial charge in [-0.25, -0.2) is 9.97 Å². The molecule has 5 heteroatoms. The summed E-state index contributed by atoms with van der Waals surface area (Å²) in [5.74, 6) is 1.67. The van der Waals surface area contributed by atoms with E-state index in [2.05, 4.69) is 41.1 Å². The zero-order valence-electron chi connectivity index (χ0n) is 13.6. The van der Waals surface area contributed by atoms with Gasteiger partial charge in [-0.2, -0.15) is 0 Å². The predicted octanol–water partition coefficient (Wildman–Crippen LogP) is 2.72. The Hall–Kier alpha value is -1.36. The van der Waals surface area contributed by atoms with Gasteiger partial charge in [0.05, 0.1) is 12.2 Å². The molecule has 2 rings (SSSR count). The van der Waals surface area contributed by atoms with E-state index in [0.29, 0.717) is 6.04 Å². The van der Waals surface area contributed by atoms with Crippen LogP contribution in [0.5, 0.6) is 5.88 Å². The van der Waals surface area contributed by atoms with Crippen LogP contribution in [0.15, 0.2) is 6.33 Å². The van der Waals surface area contributed by atoms with Gasteiger partial charge in [0.1, 0.15) is 12.1 Å². The lowest BCUT2D eigenvalue weighted by molar-refractivity contribution is 0.227. The molecule has 0 aliphatic carbocycles. The zero-order valence-corrected chi connectivity index (χ0v) is 13.6. The van der Waals surface area contributed by atoms with Crippen LogP contribution >= 0.6 is 0 Å². The average Bonchev–Trinajstić information content (AvgIpc) is 2.88. The summed E-state index contributed by atoms with van der Waals surface area (Å²) in [7, 11) is 2.20. The lowest BCUT2D eigenvalue weighted by Crippen LogP contribution is -2.26. The third-order valence-electron chi connectivity index (χ3n) is 4.11. The highest BCUT2D eigenvalue weighted by molar-refractivity contribution is 5.48. The molecule has 0 saturated carbocycles. The van der Waals surface area contributed by atoms with Gasteiger partial charge in [-0.3, -0.25) is 0 Å². The Morgan fingerprint density at radius 1 is 1.38 bits per heavy atom. The molecule has 0 amide bonds. The third kappa shape index (κ3) is 4.30. The topological polar surface area (TPSA) is 50.3 Å². The molecule has 1 aromatic rings. The highest BCUT2D eigenvalue weighted by atomic mass is 16.5. The van der Waals surface area contributed by atoms with Crippen molar-refractivity contribution in [2.24, 2.45) is 0 Å². The molecular formula is C16H28N4O. The van der Waals surface area contributed by atoms with Gasteiger partial charge in [0.15, 0.2) is 0 Å². The summed E-state index contributed by atoms with van der Waals surface area (Å²) in [6.07, 6.45) is 7.26. The van der Waals surface area contributed by atoms with Crippen molar-refractivity contribution in [1.29, 1.82) is 0 Å². The van der Waals surface area contributed by atoms with E-state index < -0.39 is 0 Å². The van der Waals surface area contributed by atoms with E-state index in [1.807, 2.05) is 0 Å². The summed E-state index contributed by atoms with van der Waals surface area (Å²) >= 11 is 0. The second-order valence-corrected chi connectivity index (χ2v) is 5.70. The number of nitrogens with zero attached hydrogens (tertiary/aromatic N) is 3. The molecule has 0 aromatic carbocycles. The fraction of sp³-hybridized carbons (Fsp3) is 0.750. The van der Waals surface area contributed by atoms with Crippen LogP contribution in [0.4, 0.5) is 5.82 Å². The van der Waals surface area contributed by atoms with Crippen LogP contribution < -0.4 is 10.1 Å². The Morgan fingerprint density at radius 2 is 2.24 bits per heavy atom. The van der Waals surface area contributed by atoms with E-state index in [9.17, 15) is 0 Å². The maximum absolute atomic E-state index is 5.97. The molecule has 1 aromatic heterocycles. The fourth-order valence-electron chi connectivity index (χ4n) is 2.95. The minimum Gasteiger partial charge on any atom is -0.477 e. The van der Waals surface area contributed by atoms with Crippen LogP contribution in [-0.2, 0) is 6.42 Å². The molecule has 1 fully saturated rings. The smallest absolute Gasteiger partial charge is 0.221 e. The Balaban J connectivity index is 1.96. The second-order valence-electron chi connectivity index (χ2n) is 5.70. The molecule has 2 heterocycles. The monoisotopic (exact) mass is 292 g/mol. The number of rotatable bonds is 8. The summed E-state index contributed by atoms with van der Waals surface area (Å²) in [6, 6.07) is 0.662. The quantitative estimate of drug-likeness (QED) is 0.798. The first kappa shape index (κ1) is 16.0. The van der Waals surface area contributed by atoms with Crippen molar-refractivity contribution in [2.75, 3.05) is 32.1 Å². The number of likely N-dealkylation sites (tertiary alicyclic amines) is 1. The standard InChI is InChI=1S/C16H28N4O/c1-4-7-14-15(17-5-2)18-12-19-16(14)21-11-9-13-8-6-10-20(13)3/h12-13H,4-11H2,1-3H3,(H,17,18,19). The minimum absolute atomic E-state index is 0.662. The van der Waals surface area contributed by atoms with Gasteiger partial charge in [0, 0.05) is 12.6 Å². The van der Waals surface area contributed by atoms with E-state index in [1.54, 1.807) is 6.33 Å². The second kappa shape index (κ2) is 8.17. The molecule has 1 saturated heterocycles. The highest BCUT2D eigenvalue weighted by Gasteiger charge is 2.21. The average molecular weight is 292 g/mol. The number of ether oxygens (including phenoxy) is 1. The van der Waals surface area contributed by atoms with E-state index in [0.717, 1.165) is 49.7 Å². The molecule has 0 bridgehead atoms. The molecule has 1 N–H and O–H groups in total. The van der Waals surface area contributed by atoms with Gasteiger partial charge in [-0.1, -0.05) is 13.3 Å². The van der Waals surface area contributed by atoms with Gasteiger partial charge in [0.2, 0.25) is 5.88 Å². The molecule has 5 nitrogen and oxygen atoms in total. The van der Waals surface area contributed by atoms with Gasteiger partial charge < -0.3 is 15.0 Å². The van der Waals surface area contributed by atoms with Gasteiger partial charge in [-0.15, -0.1) is 0 Å². The molecule has 1 atom stereocenters. The fourth-order valence-corrected chi connectivity index (χ4v) is 2.95. The van der Waals surface area contributed by atoms with Gasteiger partial charge in [0.25, 0.3) is 0 Å². The van der Waals surface area contributed by atoms with Crippen molar-refractivity contribution < 1.29 is 4.74 Å². The van der Waals surface area contributed by atoms with E-state index in [1.165, 1.54) is 19.4 Å². The summed E-state index contributed by atoms with van der Waals surface area (Å²) in [6.45, 7) is 7.05. The van der Waals surface area contributed by atoms with Gasteiger partial charge >= 0.3 is 0 Å². The van der Waals surface area contributed by atoms with Crippen LogP contribution in [-0.4, -0.2) is 47.7 Å².